The molecule has 0 spiro atoms. The second-order valence-corrected chi connectivity index (χ2v) is 6.32. The Morgan fingerprint density at radius 2 is 1.92 bits per heavy atom. The van der Waals surface area contributed by atoms with Crippen molar-refractivity contribution in [1.82, 2.24) is 9.88 Å². The van der Waals surface area contributed by atoms with Crippen molar-refractivity contribution in [3.8, 4) is 5.75 Å². The molecule has 2 heterocycles. The van der Waals surface area contributed by atoms with Crippen LogP contribution in [-0.4, -0.2) is 27.4 Å². The highest BCUT2D eigenvalue weighted by atomic mass is 16.3. The van der Waals surface area contributed by atoms with Crippen molar-refractivity contribution in [3.63, 3.8) is 0 Å². The minimum absolute atomic E-state index is 0.141. The third-order valence-electron chi connectivity index (χ3n) is 4.84. The van der Waals surface area contributed by atoms with E-state index >= 15 is 0 Å². The number of hydrogen-bond donors (Lipinski definition) is 2. The topological polar surface area (TPSA) is 56.3 Å². The normalized spacial score (nSPS) is 13.9. The van der Waals surface area contributed by atoms with E-state index < -0.39 is 0 Å². The van der Waals surface area contributed by atoms with E-state index in [1.807, 2.05) is 23.1 Å². The number of phenolic OH excluding ortho intramolecular Hbond substituents is 1. The number of nitrogens with one attached hydrogen (secondary N) is 1. The van der Waals surface area contributed by atoms with Crippen LogP contribution in [0.25, 0.3) is 10.9 Å². The number of hydrogen-bond acceptors (Lipinski definition) is 2. The van der Waals surface area contributed by atoms with Crippen LogP contribution >= 0.6 is 0 Å². The van der Waals surface area contributed by atoms with Crippen LogP contribution in [0.1, 0.15) is 23.2 Å². The van der Waals surface area contributed by atoms with Gasteiger partial charge in [0.05, 0.1) is 6.54 Å². The summed E-state index contributed by atoms with van der Waals surface area (Å²) >= 11 is 0. The predicted octanol–water partition coefficient (Wildman–Crippen LogP) is 3.39. The Morgan fingerprint density at radius 3 is 2.79 bits per heavy atom. The maximum Gasteiger partial charge on any atom is 0.223 e. The Morgan fingerprint density at radius 1 is 1.12 bits per heavy atom. The summed E-state index contributed by atoms with van der Waals surface area (Å²) in [6.45, 7) is 1.40. The van der Waals surface area contributed by atoms with Crippen molar-refractivity contribution in [3.05, 3.63) is 65.4 Å². The maximum atomic E-state index is 12.5. The van der Waals surface area contributed by atoms with E-state index in [0.29, 0.717) is 19.4 Å². The molecule has 4 rings (SSSR count). The number of aromatic nitrogens is 1. The van der Waals surface area contributed by atoms with E-state index in [1.54, 1.807) is 12.1 Å². The van der Waals surface area contributed by atoms with E-state index in [2.05, 4.69) is 23.2 Å². The number of phenols is 1. The Labute approximate surface area is 140 Å². The number of nitrogens with zero attached hydrogens (tertiary/aromatic N) is 1. The van der Waals surface area contributed by atoms with Gasteiger partial charge in [0.1, 0.15) is 5.75 Å². The molecule has 0 unspecified atom stereocenters. The number of aromatic hydroxyl groups is 1. The van der Waals surface area contributed by atoms with Gasteiger partial charge in [-0.05, 0) is 36.1 Å². The van der Waals surface area contributed by atoms with Crippen molar-refractivity contribution in [1.29, 1.82) is 0 Å². The first kappa shape index (κ1) is 14.8. The molecular weight excluding hydrogens is 300 g/mol. The number of H-pyrrole nitrogens is 1. The molecule has 3 aromatic rings. The van der Waals surface area contributed by atoms with Gasteiger partial charge < -0.3 is 15.0 Å². The van der Waals surface area contributed by atoms with Gasteiger partial charge in [-0.1, -0.05) is 36.4 Å². The maximum absolute atomic E-state index is 12.5. The third-order valence-corrected chi connectivity index (χ3v) is 4.84. The number of aromatic amines is 1. The van der Waals surface area contributed by atoms with Gasteiger partial charge in [-0.25, -0.2) is 0 Å². The van der Waals surface area contributed by atoms with Crippen molar-refractivity contribution in [2.45, 2.75) is 25.8 Å². The van der Waals surface area contributed by atoms with E-state index in [0.717, 1.165) is 29.7 Å². The van der Waals surface area contributed by atoms with Gasteiger partial charge in [0.25, 0.3) is 0 Å². The van der Waals surface area contributed by atoms with Crippen molar-refractivity contribution in [2.24, 2.45) is 0 Å². The van der Waals surface area contributed by atoms with Crippen molar-refractivity contribution in [2.75, 3.05) is 6.54 Å². The summed E-state index contributed by atoms with van der Waals surface area (Å²) in [5.74, 6) is 0.407. The van der Waals surface area contributed by atoms with Gasteiger partial charge in [-0.3, -0.25) is 4.79 Å². The zero-order valence-electron chi connectivity index (χ0n) is 13.5. The molecule has 0 radical (unpaired) electrons. The lowest BCUT2D eigenvalue weighted by atomic mass is 10.0. The third kappa shape index (κ3) is 2.64. The first-order valence-electron chi connectivity index (χ1n) is 8.35. The van der Waals surface area contributed by atoms with Gasteiger partial charge in [0.2, 0.25) is 5.91 Å². The molecule has 1 amide bonds. The standard InChI is InChI=1S/C20H20N2O2/c23-19-8-4-1-5-14(19)9-10-20(24)22-12-11-16-15-6-2-3-7-17(15)21-18(16)13-22/h1-8,21,23H,9-13H2. The summed E-state index contributed by atoms with van der Waals surface area (Å²) in [4.78, 5) is 17.9. The number of aryl methyl sites for hydroxylation is 1. The average molecular weight is 320 g/mol. The van der Waals surface area contributed by atoms with Gasteiger partial charge in [-0.15, -0.1) is 0 Å². The molecule has 0 saturated heterocycles. The molecule has 1 aromatic heterocycles. The number of fused-ring (bicyclic) bond motifs is 3. The molecule has 4 nitrogen and oxygen atoms in total. The number of rotatable bonds is 3. The molecule has 0 aliphatic carbocycles. The predicted molar refractivity (Wildman–Crippen MR) is 93.8 cm³/mol. The van der Waals surface area contributed by atoms with Crippen LogP contribution in [-0.2, 0) is 24.2 Å². The molecule has 122 valence electrons. The van der Waals surface area contributed by atoms with Crippen LogP contribution in [0.5, 0.6) is 5.75 Å². The number of amides is 1. The van der Waals surface area contributed by atoms with Crippen LogP contribution in [0.4, 0.5) is 0 Å². The lowest BCUT2D eigenvalue weighted by Gasteiger charge is -2.27. The monoisotopic (exact) mass is 320 g/mol. The van der Waals surface area contributed by atoms with Crippen molar-refractivity contribution < 1.29 is 9.90 Å². The fourth-order valence-corrected chi connectivity index (χ4v) is 3.53. The van der Waals surface area contributed by atoms with Crippen LogP contribution in [0.15, 0.2) is 48.5 Å². The first-order valence-corrected chi connectivity index (χ1v) is 8.35. The highest BCUT2D eigenvalue weighted by molar-refractivity contribution is 5.85. The summed E-state index contributed by atoms with van der Waals surface area (Å²) < 4.78 is 0. The Balaban J connectivity index is 1.46. The van der Waals surface area contributed by atoms with E-state index in [4.69, 9.17) is 0 Å². The van der Waals surface area contributed by atoms with Crippen LogP contribution in [0, 0.1) is 0 Å². The Hall–Kier alpha value is -2.75. The lowest BCUT2D eigenvalue weighted by molar-refractivity contribution is -0.132. The number of carbonyl (C=O) groups excluding carboxylic acids is 1. The second kappa shape index (κ2) is 6.04. The second-order valence-electron chi connectivity index (χ2n) is 6.32. The summed E-state index contributed by atoms with van der Waals surface area (Å²) in [6.07, 6.45) is 1.89. The Bertz CT molecular complexity index is 898. The molecule has 2 aromatic carbocycles. The van der Waals surface area contributed by atoms with E-state index in [1.165, 1.54) is 10.9 Å². The smallest absolute Gasteiger partial charge is 0.223 e. The van der Waals surface area contributed by atoms with Crippen LogP contribution in [0.2, 0.25) is 0 Å². The minimum Gasteiger partial charge on any atom is -0.508 e. The molecule has 1 aliphatic heterocycles. The van der Waals surface area contributed by atoms with Gasteiger partial charge in [0.15, 0.2) is 0 Å². The first-order chi connectivity index (χ1) is 11.7. The molecule has 24 heavy (non-hydrogen) atoms. The average Bonchev–Trinajstić information content (AvgIpc) is 2.98. The fourth-order valence-electron chi connectivity index (χ4n) is 3.53. The lowest BCUT2D eigenvalue weighted by Crippen LogP contribution is -2.36. The largest absolute Gasteiger partial charge is 0.508 e. The minimum atomic E-state index is 0.141. The zero-order valence-corrected chi connectivity index (χ0v) is 13.5. The number of carbonyl (C=O) groups is 1. The molecule has 4 heteroatoms. The molecule has 0 fully saturated rings. The molecule has 0 bridgehead atoms. The number of benzene rings is 2. The molecule has 0 saturated carbocycles. The molecule has 0 atom stereocenters. The summed E-state index contributed by atoms with van der Waals surface area (Å²) in [6, 6.07) is 15.5. The highest BCUT2D eigenvalue weighted by Gasteiger charge is 2.23. The Kier molecular flexibility index (Phi) is 3.73. The summed E-state index contributed by atoms with van der Waals surface area (Å²) in [7, 11) is 0. The molecular formula is C20H20N2O2. The van der Waals surface area contributed by atoms with Crippen LogP contribution in [0.3, 0.4) is 0 Å². The zero-order chi connectivity index (χ0) is 16.5. The quantitative estimate of drug-likeness (QED) is 0.777. The number of para-hydroxylation sites is 2. The highest BCUT2D eigenvalue weighted by Crippen LogP contribution is 2.28. The van der Waals surface area contributed by atoms with E-state index in [9.17, 15) is 9.90 Å². The summed E-state index contributed by atoms with van der Waals surface area (Å²) in [5.41, 5.74) is 4.47. The van der Waals surface area contributed by atoms with Gasteiger partial charge in [0, 0.05) is 29.6 Å². The van der Waals surface area contributed by atoms with E-state index in [-0.39, 0.29) is 11.7 Å². The van der Waals surface area contributed by atoms with Gasteiger partial charge in [-0.2, -0.15) is 0 Å². The van der Waals surface area contributed by atoms with Crippen LogP contribution < -0.4 is 0 Å². The fraction of sp³-hybridized carbons (Fsp3) is 0.250. The summed E-state index contributed by atoms with van der Waals surface area (Å²) in [5, 5.41) is 11.1. The van der Waals surface area contributed by atoms with Crippen molar-refractivity contribution >= 4 is 16.8 Å². The molecule has 1 aliphatic rings. The molecule has 2 N–H and O–H groups in total. The SMILES string of the molecule is O=C(CCc1ccccc1O)N1CCc2c([nH]c3ccccc23)C1. The van der Waals surface area contributed by atoms with Gasteiger partial charge >= 0.3 is 0 Å².